The number of hydrogen-bond donors (Lipinski definition) is 3. The predicted molar refractivity (Wildman–Crippen MR) is 61.3 cm³/mol. The van der Waals surface area contributed by atoms with Crippen molar-refractivity contribution in [3.8, 4) is 0 Å². The summed E-state index contributed by atoms with van der Waals surface area (Å²) in [7, 11) is 0. The van der Waals surface area contributed by atoms with Crippen molar-refractivity contribution in [1.29, 1.82) is 0 Å². The third kappa shape index (κ3) is 2.46. The maximum atomic E-state index is 11.7. The quantitative estimate of drug-likeness (QED) is 0.598. The molecule has 0 spiro atoms. The molecule has 5 atom stereocenters. The van der Waals surface area contributed by atoms with Gasteiger partial charge in [-0.25, -0.2) is 0 Å². The van der Waals surface area contributed by atoms with Gasteiger partial charge in [-0.05, 0) is 6.42 Å². The highest BCUT2D eigenvalue weighted by molar-refractivity contribution is 5.72. The molecule has 0 aromatic heterocycles. The van der Waals surface area contributed by atoms with E-state index >= 15 is 0 Å². The SMILES string of the molecule is CCC(C)C(=O)OC1CC2NC(C1)C(O)C2O. The van der Waals surface area contributed by atoms with E-state index in [9.17, 15) is 15.0 Å². The Balaban J connectivity index is 1.91. The molecule has 5 nitrogen and oxygen atoms in total. The van der Waals surface area contributed by atoms with Gasteiger partial charge in [-0.15, -0.1) is 0 Å². The van der Waals surface area contributed by atoms with Gasteiger partial charge in [0, 0.05) is 24.9 Å². The van der Waals surface area contributed by atoms with Crippen LogP contribution in [0.25, 0.3) is 0 Å². The first-order valence-corrected chi connectivity index (χ1v) is 6.35. The summed E-state index contributed by atoms with van der Waals surface area (Å²) in [5, 5.41) is 22.6. The first-order chi connectivity index (χ1) is 8.02. The Kier molecular flexibility index (Phi) is 3.70. The number of nitrogens with one attached hydrogen (secondary N) is 1. The number of aliphatic hydroxyl groups excluding tert-OH is 2. The van der Waals surface area contributed by atoms with Crippen LogP contribution in [0.4, 0.5) is 0 Å². The first-order valence-electron chi connectivity index (χ1n) is 6.35. The van der Waals surface area contributed by atoms with Gasteiger partial charge in [0.05, 0.1) is 18.1 Å². The lowest BCUT2D eigenvalue weighted by molar-refractivity contribution is -0.155. The molecule has 0 amide bonds. The van der Waals surface area contributed by atoms with E-state index < -0.39 is 12.2 Å². The summed E-state index contributed by atoms with van der Waals surface area (Å²) in [4.78, 5) is 11.7. The molecule has 3 N–H and O–H groups in total. The van der Waals surface area contributed by atoms with Crippen molar-refractivity contribution in [3.05, 3.63) is 0 Å². The molecule has 2 rings (SSSR count). The Hall–Kier alpha value is -0.650. The molecule has 2 fully saturated rings. The Labute approximate surface area is 101 Å². The van der Waals surface area contributed by atoms with E-state index in [1.54, 1.807) is 0 Å². The van der Waals surface area contributed by atoms with Crippen molar-refractivity contribution in [2.45, 2.75) is 63.5 Å². The number of carbonyl (C=O) groups excluding carboxylic acids is 1. The topological polar surface area (TPSA) is 78.8 Å². The molecule has 0 aromatic carbocycles. The van der Waals surface area contributed by atoms with Crippen LogP contribution in [0.1, 0.15) is 33.1 Å². The lowest BCUT2D eigenvalue weighted by Crippen LogP contribution is -2.45. The number of aliphatic hydroxyl groups is 2. The summed E-state index contributed by atoms with van der Waals surface area (Å²) in [6, 6.07) is -0.308. The van der Waals surface area contributed by atoms with Crippen LogP contribution in [0.3, 0.4) is 0 Å². The average molecular weight is 243 g/mol. The minimum atomic E-state index is -0.743. The van der Waals surface area contributed by atoms with Gasteiger partial charge in [-0.2, -0.15) is 0 Å². The van der Waals surface area contributed by atoms with Gasteiger partial charge < -0.3 is 20.3 Å². The first kappa shape index (κ1) is 12.8. The molecule has 0 radical (unpaired) electrons. The summed E-state index contributed by atoms with van der Waals surface area (Å²) in [5.41, 5.74) is 0. The normalized spacial score (nSPS) is 42.2. The largest absolute Gasteiger partial charge is 0.462 e. The van der Waals surface area contributed by atoms with Crippen molar-refractivity contribution in [2.24, 2.45) is 5.92 Å². The van der Waals surface area contributed by atoms with Crippen LogP contribution < -0.4 is 5.32 Å². The molecular weight excluding hydrogens is 222 g/mol. The summed E-state index contributed by atoms with van der Waals surface area (Å²) in [6.45, 7) is 3.80. The molecule has 2 aliphatic heterocycles. The molecule has 0 aromatic rings. The molecule has 0 aliphatic carbocycles. The van der Waals surface area contributed by atoms with Crippen molar-refractivity contribution in [1.82, 2.24) is 5.32 Å². The van der Waals surface area contributed by atoms with Crippen LogP contribution in [0, 0.1) is 5.92 Å². The lowest BCUT2D eigenvalue weighted by atomic mass is 10.0. The highest BCUT2D eigenvalue weighted by Crippen LogP contribution is 2.29. The molecular formula is C12H21NO4. The number of piperidine rings is 1. The monoisotopic (exact) mass is 243 g/mol. The average Bonchev–Trinajstić information content (AvgIpc) is 2.52. The number of carbonyl (C=O) groups is 1. The van der Waals surface area contributed by atoms with E-state index in [1.165, 1.54) is 0 Å². The van der Waals surface area contributed by atoms with Gasteiger partial charge >= 0.3 is 5.97 Å². The number of hydrogen-bond acceptors (Lipinski definition) is 5. The van der Waals surface area contributed by atoms with E-state index in [4.69, 9.17) is 4.74 Å². The van der Waals surface area contributed by atoms with Gasteiger partial charge in [0.1, 0.15) is 6.10 Å². The number of esters is 1. The molecule has 5 heteroatoms. The summed E-state index contributed by atoms with van der Waals surface area (Å²) in [6.07, 6.45) is 0.259. The van der Waals surface area contributed by atoms with Crippen LogP contribution in [0.5, 0.6) is 0 Å². The fourth-order valence-corrected chi connectivity index (χ4v) is 2.57. The molecule has 2 saturated heterocycles. The van der Waals surface area contributed by atoms with Crippen LogP contribution in [0.2, 0.25) is 0 Å². The summed E-state index contributed by atoms with van der Waals surface area (Å²) < 4.78 is 5.42. The number of rotatable bonds is 3. The lowest BCUT2D eigenvalue weighted by Gasteiger charge is -2.29. The summed E-state index contributed by atoms with van der Waals surface area (Å²) >= 11 is 0. The second kappa shape index (κ2) is 4.92. The van der Waals surface area contributed by atoms with Crippen molar-refractivity contribution >= 4 is 5.97 Å². The van der Waals surface area contributed by atoms with Crippen molar-refractivity contribution < 1.29 is 19.7 Å². The molecule has 2 aliphatic rings. The molecule has 5 unspecified atom stereocenters. The smallest absolute Gasteiger partial charge is 0.308 e. The summed E-state index contributed by atoms with van der Waals surface area (Å²) in [5.74, 6) is -0.264. The zero-order chi connectivity index (χ0) is 12.6. The van der Waals surface area contributed by atoms with Gasteiger partial charge in [-0.1, -0.05) is 13.8 Å². The molecule has 17 heavy (non-hydrogen) atoms. The zero-order valence-corrected chi connectivity index (χ0v) is 10.3. The third-order valence-electron chi connectivity index (χ3n) is 3.93. The molecule has 0 saturated carbocycles. The van der Waals surface area contributed by atoms with Crippen LogP contribution in [-0.4, -0.2) is 46.6 Å². The van der Waals surface area contributed by atoms with E-state index in [1.807, 2.05) is 13.8 Å². The van der Waals surface area contributed by atoms with Crippen molar-refractivity contribution in [2.75, 3.05) is 0 Å². The maximum Gasteiger partial charge on any atom is 0.308 e. The van der Waals surface area contributed by atoms with E-state index in [2.05, 4.69) is 5.32 Å². The minimum absolute atomic E-state index is 0.0858. The second-order valence-electron chi connectivity index (χ2n) is 5.20. The molecule has 2 heterocycles. The fourth-order valence-electron chi connectivity index (χ4n) is 2.57. The van der Waals surface area contributed by atoms with Gasteiger partial charge in [-0.3, -0.25) is 4.79 Å². The minimum Gasteiger partial charge on any atom is -0.462 e. The van der Waals surface area contributed by atoms with Crippen LogP contribution in [-0.2, 0) is 9.53 Å². The number of fused-ring (bicyclic) bond motifs is 2. The third-order valence-corrected chi connectivity index (χ3v) is 3.93. The predicted octanol–water partition coefficient (Wildman–Crippen LogP) is -0.200. The van der Waals surface area contributed by atoms with Gasteiger partial charge in [0.25, 0.3) is 0 Å². The van der Waals surface area contributed by atoms with E-state index in [0.717, 1.165) is 6.42 Å². The van der Waals surface area contributed by atoms with E-state index in [0.29, 0.717) is 12.8 Å². The molecule has 98 valence electrons. The zero-order valence-electron chi connectivity index (χ0n) is 10.3. The molecule has 2 bridgehead atoms. The Morgan fingerprint density at radius 2 is 1.88 bits per heavy atom. The Bertz CT molecular complexity index is 280. The van der Waals surface area contributed by atoms with Crippen LogP contribution >= 0.6 is 0 Å². The highest BCUT2D eigenvalue weighted by atomic mass is 16.5. The Morgan fingerprint density at radius 3 is 2.35 bits per heavy atom. The Morgan fingerprint density at radius 1 is 1.35 bits per heavy atom. The second-order valence-corrected chi connectivity index (χ2v) is 5.20. The van der Waals surface area contributed by atoms with E-state index in [-0.39, 0.29) is 30.1 Å². The highest BCUT2D eigenvalue weighted by Gasteiger charge is 2.47. The van der Waals surface area contributed by atoms with Crippen LogP contribution in [0.15, 0.2) is 0 Å². The van der Waals surface area contributed by atoms with Crippen molar-refractivity contribution in [3.63, 3.8) is 0 Å². The standard InChI is InChI=1S/C12H21NO4/c1-3-6(2)12(16)17-7-4-8-10(14)11(15)9(5-7)13-8/h6-11,13-15H,3-5H2,1-2H3. The van der Waals surface area contributed by atoms with Gasteiger partial charge in [0.2, 0.25) is 0 Å². The fraction of sp³-hybridized carbons (Fsp3) is 0.917. The van der Waals surface area contributed by atoms with Gasteiger partial charge in [0.15, 0.2) is 0 Å². The number of ether oxygens (including phenoxy) is 1. The maximum absolute atomic E-state index is 11.7.